The Kier molecular flexibility index (Phi) is 23.8. The summed E-state index contributed by atoms with van der Waals surface area (Å²) in [6.07, 6.45) is 0.476. The number of alkyl carbamates (subject to hydrolysis) is 1. The normalized spacial score (nSPS) is 23.8. The van der Waals surface area contributed by atoms with Gasteiger partial charge in [0.15, 0.2) is 0 Å². The molecule has 1 aromatic carbocycles. The maximum absolute atomic E-state index is 14.6. The third kappa shape index (κ3) is 19.1. The summed E-state index contributed by atoms with van der Waals surface area (Å²) in [5.41, 5.74) is 5.99. The highest BCUT2D eigenvalue weighted by Crippen LogP contribution is 2.17. The zero-order valence-electron chi connectivity index (χ0n) is 42.7. The minimum Gasteiger partial charge on any atom is -0.458 e. The molecule has 1 aromatic rings. The second-order valence-electron chi connectivity index (χ2n) is 19.4. The van der Waals surface area contributed by atoms with Gasteiger partial charge >= 0.3 is 12.1 Å². The van der Waals surface area contributed by atoms with Gasteiger partial charge in [-0.15, -0.1) is 0 Å². The van der Waals surface area contributed by atoms with E-state index in [4.69, 9.17) is 15.2 Å². The lowest BCUT2D eigenvalue weighted by molar-refractivity contribution is -0.157. The molecule has 10 atom stereocenters. The summed E-state index contributed by atoms with van der Waals surface area (Å²) >= 11 is 0. The number of nitrogens with two attached hydrogens (primary N) is 1. The molecule has 8 amide bonds. The Hall–Kier alpha value is -6.05. The number of carbonyl (C=O) groups is 9. The van der Waals surface area contributed by atoms with Crippen molar-refractivity contribution in [3.8, 4) is 0 Å². The van der Waals surface area contributed by atoms with Crippen molar-refractivity contribution < 1.29 is 52.6 Å². The summed E-state index contributed by atoms with van der Waals surface area (Å²) in [5.74, 6) is -8.65. The van der Waals surface area contributed by atoms with Crippen molar-refractivity contribution in [3.05, 3.63) is 47.7 Å². The smallest absolute Gasteiger partial charge is 0.407 e. The SMILES string of the molecule is C/C=C1\NC(=O)[C@H](Cc2ccccc2)NC(=O)[C@@H](C(C)C)NC(=O)C(C(C)CC)NC(=O)C(NC(=O)[C@H](NC(=O)[C@@H](N)CCCNC(=O)OC(C)(C)C)[C@@H](C)CC)C(C)OC(=O)[C@H](C(C)C)NC1=O. The van der Waals surface area contributed by atoms with Crippen LogP contribution in [-0.4, -0.2) is 114 Å². The summed E-state index contributed by atoms with van der Waals surface area (Å²) in [6.45, 7) is 21.9. The molecule has 1 aliphatic rings. The van der Waals surface area contributed by atoms with Gasteiger partial charge in [-0.3, -0.25) is 33.6 Å². The Morgan fingerprint density at radius 1 is 0.797 bits per heavy atom. The number of carbonyl (C=O) groups excluding carboxylic acids is 9. The maximum Gasteiger partial charge on any atom is 0.407 e. The maximum atomic E-state index is 14.6. The summed E-state index contributed by atoms with van der Waals surface area (Å²) in [5, 5.41) is 21.4. The molecule has 0 saturated carbocycles. The number of cyclic esters (lactones) is 1. The van der Waals surface area contributed by atoms with Crippen molar-refractivity contribution >= 4 is 53.4 Å². The largest absolute Gasteiger partial charge is 0.458 e. The minimum atomic E-state index is -1.68. The van der Waals surface area contributed by atoms with E-state index in [0.717, 1.165) is 0 Å². The predicted octanol–water partition coefficient (Wildman–Crippen LogP) is 2.14. The van der Waals surface area contributed by atoms with E-state index in [1.807, 2.05) is 0 Å². The lowest BCUT2D eigenvalue weighted by Crippen LogP contribution is -2.63. The lowest BCUT2D eigenvalue weighted by Gasteiger charge is -2.33. The quantitative estimate of drug-likeness (QED) is 0.0655. The van der Waals surface area contributed by atoms with Crippen LogP contribution < -0.4 is 48.3 Å². The average Bonchev–Trinajstić information content (AvgIpc) is 3.28. The Morgan fingerprint density at radius 2 is 1.39 bits per heavy atom. The van der Waals surface area contributed by atoms with Gasteiger partial charge in [0.25, 0.3) is 5.91 Å². The van der Waals surface area contributed by atoms with E-state index < -0.39 is 131 Å². The first-order valence-corrected chi connectivity index (χ1v) is 24.0. The molecule has 10 N–H and O–H groups in total. The van der Waals surface area contributed by atoms with Crippen LogP contribution in [0.5, 0.6) is 0 Å². The first-order chi connectivity index (χ1) is 32.2. The second kappa shape index (κ2) is 27.8. The first kappa shape index (κ1) is 59.1. The highest BCUT2D eigenvalue weighted by Gasteiger charge is 2.40. The van der Waals surface area contributed by atoms with Crippen LogP contribution in [0.15, 0.2) is 42.1 Å². The number of amides is 8. The van der Waals surface area contributed by atoms with Crippen LogP contribution in [0, 0.1) is 23.7 Å². The van der Waals surface area contributed by atoms with Crippen LogP contribution in [0.3, 0.4) is 0 Å². The van der Waals surface area contributed by atoms with Crippen LogP contribution >= 0.6 is 0 Å². The van der Waals surface area contributed by atoms with Crippen LogP contribution in [0.2, 0.25) is 0 Å². The van der Waals surface area contributed by atoms with Crippen molar-refractivity contribution in [2.45, 2.75) is 176 Å². The van der Waals surface area contributed by atoms with Gasteiger partial charge in [-0.25, -0.2) is 9.59 Å². The lowest BCUT2D eigenvalue weighted by atomic mass is 9.95. The zero-order chi connectivity index (χ0) is 52.3. The molecular formula is C49H79N9O11. The van der Waals surface area contributed by atoms with Crippen LogP contribution in [0.25, 0.3) is 0 Å². The zero-order valence-corrected chi connectivity index (χ0v) is 42.7. The van der Waals surface area contributed by atoms with Gasteiger partial charge in [-0.1, -0.05) is 105 Å². The molecule has 1 fully saturated rings. The number of nitrogens with one attached hydrogen (secondary N) is 8. The predicted molar refractivity (Wildman–Crippen MR) is 259 cm³/mol. The Balaban J connectivity index is 2.62. The molecule has 1 saturated heterocycles. The Labute approximate surface area is 407 Å². The fourth-order valence-electron chi connectivity index (χ4n) is 7.12. The van der Waals surface area contributed by atoms with E-state index in [1.54, 1.807) is 106 Å². The van der Waals surface area contributed by atoms with Crippen LogP contribution in [0.1, 0.15) is 121 Å². The van der Waals surface area contributed by atoms with Gasteiger partial charge in [0, 0.05) is 13.0 Å². The van der Waals surface area contributed by atoms with E-state index in [1.165, 1.54) is 19.9 Å². The third-order valence-corrected chi connectivity index (χ3v) is 11.8. The van der Waals surface area contributed by atoms with Crippen molar-refractivity contribution in [1.29, 1.82) is 0 Å². The summed E-state index contributed by atoms with van der Waals surface area (Å²) < 4.78 is 11.1. The second-order valence-corrected chi connectivity index (χ2v) is 19.4. The summed E-state index contributed by atoms with van der Waals surface area (Å²) in [6, 6.07) is -0.246. The fourth-order valence-corrected chi connectivity index (χ4v) is 7.12. The molecular weight excluding hydrogens is 891 g/mol. The van der Waals surface area contributed by atoms with E-state index in [-0.39, 0.29) is 25.1 Å². The molecule has 386 valence electrons. The molecule has 0 radical (unpaired) electrons. The highest BCUT2D eigenvalue weighted by atomic mass is 16.6. The van der Waals surface area contributed by atoms with Crippen molar-refractivity contribution in [3.63, 3.8) is 0 Å². The van der Waals surface area contributed by atoms with Crippen molar-refractivity contribution in [2.24, 2.45) is 29.4 Å². The highest BCUT2D eigenvalue weighted by molar-refractivity contribution is 6.02. The number of rotatable bonds is 16. The minimum absolute atomic E-state index is 0.0107. The van der Waals surface area contributed by atoms with Crippen molar-refractivity contribution in [2.75, 3.05) is 6.54 Å². The molecule has 0 aliphatic carbocycles. The summed E-state index contributed by atoms with van der Waals surface area (Å²) in [4.78, 5) is 125. The molecule has 4 unspecified atom stereocenters. The number of esters is 1. The topological polar surface area (TPSA) is 294 Å². The monoisotopic (exact) mass is 970 g/mol. The van der Waals surface area contributed by atoms with Gasteiger partial charge in [0.2, 0.25) is 35.4 Å². The van der Waals surface area contributed by atoms with E-state index in [2.05, 4.69) is 42.5 Å². The number of hydrogen-bond donors (Lipinski definition) is 9. The summed E-state index contributed by atoms with van der Waals surface area (Å²) in [7, 11) is 0. The van der Waals surface area contributed by atoms with Gasteiger partial charge in [0.1, 0.15) is 53.7 Å². The van der Waals surface area contributed by atoms with E-state index in [0.29, 0.717) is 24.8 Å². The Bertz CT molecular complexity index is 1970. The van der Waals surface area contributed by atoms with Gasteiger partial charge in [-0.05, 0) is 76.7 Å². The molecule has 0 spiro atoms. The number of hydrogen-bond acceptors (Lipinski definition) is 12. The average molecular weight is 970 g/mol. The number of allylic oxidation sites excluding steroid dienone is 1. The molecule has 1 heterocycles. The Morgan fingerprint density at radius 3 is 1.94 bits per heavy atom. The van der Waals surface area contributed by atoms with Crippen LogP contribution in [0.4, 0.5) is 4.79 Å². The van der Waals surface area contributed by atoms with Gasteiger partial charge in [0.05, 0.1) is 6.04 Å². The standard InChI is InChI=1S/C49H79N9O11/c1-14-28(8)37(56-40(59)32(50)23-20-24-51-48(67)69-49(11,12)13)45(64)58-39-30(10)68-47(66)36(27(6)7)55-41(60)33(16-3)52-42(61)34(25-31-21-18-17-19-22-31)53-43(62)35(26(4)5)54-44(63)38(29(9)15-2)57-46(39)65/h16-19,21-22,26-30,32,34-39H,14-15,20,23-25,50H2,1-13H3,(H,51,67)(H,52,61)(H,53,62)(H,54,63)(H,55,60)(H,56,59)(H,57,65)(H,58,64)/b33-16-/t28-,29?,30?,32-,34-,35+,36-,37+,38?,39?/m0/s1. The van der Waals surface area contributed by atoms with Gasteiger partial charge in [-0.2, -0.15) is 0 Å². The molecule has 0 aromatic heterocycles. The first-order valence-electron chi connectivity index (χ1n) is 24.0. The third-order valence-electron chi connectivity index (χ3n) is 11.8. The molecule has 20 heteroatoms. The molecule has 1 aliphatic heterocycles. The van der Waals surface area contributed by atoms with E-state index >= 15 is 0 Å². The van der Waals surface area contributed by atoms with Gasteiger partial charge < -0.3 is 57.7 Å². The molecule has 2 rings (SSSR count). The molecule has 0 bridgehead atoms. The fraction of sp³-hybridized carbons (Fsp3) is 0.653. The molecule has 20 nitrogen and oxygen atoms in total. The van der Waals surface area contributed by atoms with Crippen molar-refractivity contribution in [1.82, 2.24) is 42.5 Å². The van der Waals surface area contributed by atoms with Crippen LogP contribution in [-0.2, 0) is 54.3 Å². The van der Waals surface area contributed by atoms with E-state index in [9.17, 15) is 43.2 Å². The number of benzene rings is 1. The number of ether oxygens (including phenoxy) is 2. The molecule has 69 heavy (non-hydrogen) atoms.